The number of anilines is 1. The molecule has 6 atom stereocenters. The highest BCUT2D eigenvalue weighted by Gasteiger charge is 2.49. The van der Waals surface area contributed by atoms with Gasteiger partial charge in [0.2, 0.25) is 11.7 Å². The van der Waals surface area contributed by atoms with Crippen LogP contribution < -0.4 is 15.9 Å². The molecule has 0 aromatic carbocycles. The van der Waals surface area contributed by atoms with E-state index < -0.39 is 59.1 Å². The summed E-state index contributed by atoms with van der Waals surface area (Å²) in [6, 6.07) is 0. The van der Waals surface area contributed by atoms with Gasteiger partial charge in [-0.2, -0.15) is 0 Å². The zero-order chi connectivity index (χ0) is 25.6. The summed E-state index contributed by atoms with van der Waals surface area (Å²) in [5, 5.41) is 10.6. The van der Waals surface area contributed by atoms with Crippen LogP contribution >= 0.6 is 22.4 Å². The van der Waals surface area contributed by atoms with E-state index >= 15 is 0 Å². The lowest BCUT2D eigenvalue weighted by molar-refractivity contribution is -0.746. The van der Waals surface area contributed by atoms with Crippen molar-refractivity contribution in [2.75, 3.05) is 19.5 Å². The van der Waals surface area contributed by atoms with E-state index in [9.17, 15) is 28.8 Å². The number of nitrogen functional groups attached to an aromatic ring is 1. The Kier molecular flexibility index (Phi) is 7.85. The average Bonchev–Trinajstić information content (AvgIpc) is 3.13. The Balaban J connectivity index is 1.80. The van der Waals surface area contributed by atoms with Gasteiger partial charge >= 0.3 is 28.0 Å². The number of aryl methyl sites for hydroxylation is 1. The number of nitrogens with two attached hydrogens (primary N) is 1. The predicted octanol–water partition coefficient (Wildman–Crippen LogP) is -2.14. The van der Waals surface area contributed by atoms with Gasteiger partial charge in [0, 0.05) is 7.11 Å². The number of imidazole rings is 1. The summed E-state index contributed by atoms with van der Waals surface area (Å²) in [7, 11) is -7.77. The fraction of sp³-hybridized carbons (Fsp3) is 0.583. The van der Waals surface area contributed by atoms with Crippen molar-refractivity contribution in [2.45, 2.75) is 24.5 Å². The first-order valence-electron chi connectivity index (χ1n) is 8.94. The van der Waals surface area contributed by atoms with E-state index in [0.717, 1.165) is 0 Å². The minimum atomic E-state index is -5.35. The molecule has 8 N–H and O–H groups in total. The Morgan fingerprint density at radius 3 is 2.56 bits per heavy atom. The molecule has 22 heteroatoms. The Hall–Kier alpha value is -1.14. The van der Waals surface area contributed by atoms with Crippen LogP contribution in [-0.2, 0) is 50.6 Å². The van der Waals surface area contributed by atoms with E-state index in [-0.39, 0.29) is 17.1 Å². The zero-order valence-corrected chi connectivity index (χ0v) is 20.8. The number of H-pyrrole nitrogens is 1. The van der Waals surface area contributed by atoms with Gasteiger partial charge in [-0.05, 0) is 11.8 Å². The number of hydrogen-bond acceptors (Lipinski definition) is 12. The van der Waals surface area contributed by atoms with E-state index in [4.69, 9.17) is 25.0 Å². The first-order chi connectivity index (χ1) is 15.5. The largest absolute Gasteiger partial charge is 0.479 e. The molecule has 1 aliphatic heterocycles. The monoisotopic (exact) mass is 568 g/mol. The highest BCUT2D eigenvalue weighted by atomic mass is 32.5. The molecule has 3 heterocycles. The number of phosphoric acid groups is 2. The molecular formula is C12H21N5O13P3S+. The maximum Gasteiger partial charge on any atom is 0.479 e. The summed E-state index contributed by atoms with van der Waals surface area (Å²) >= 11 is 4.27. The molecule has 34 heavy (non-hydrogen) atoms. The quantitative estimate of drug-likeness (QED) is 0.126. The highest BCUT2D eigenvalue weighted by molar-refractivity contribution is 8.09. The smallest absolute Gasteiger partial charge is 0.387 e. The average molecular weight is 568 g/mol. The summed E-state index contributed by atoms with van der Waals surface area (Å²) < 4.78 is 49.2. The number of fused-ring (bicyclic) bond motifs is 1. The van der Waals surface area contributed by atoms with Crippen molar-refractivity contribution in [1.29, 1.82) is 0 Å². The maximum absolute atomic E-state index is 12.2. The molecular weight excluding hydrogens is 547 g/mol. The lowest BCUT2D eigenvalue weighted by Gasteiger charge is -2.20. The third-order valence-corrected chi connectivity index (χ3v) is 9.47. The Morgan fingerprint density at radius 2 is 1.97 bits per heavy atom. The Morgan fingerprint density at radius 1 is 1.32 bits per heavy atom. The van der Waals surface area contributed by atoms with Gasteiger partial charge in [0.25, 0.3) is 11.5 Å². The van der Waals surface area contributed by atoms with E-state index in [0.29, 0.717) is 0 Å². The second-order valence-corrected chi connectivity index (χ2v) is 12.7. The number of phosphoric ester groups is 1. The van der Waals surface area contributed by atoms with Crippen LogP contribution in [0.5, 0.6) is 0 Å². The molecule has 0 aliphatic carbocycles. The van der Waals surface area contributed by atoms with E-state index in [1.54, 1.807) is 7.05 Å². The van der Waals surface area contributed by atoms with Crippen LogP contribution in [0, 0.1) is 0 Å². The standard InChI is InChI=1S/C12H20N5O13P3S/c1-16-4-17(9-6(16)10(19)15-12(13)14-9)11-8(26-2)7(18)5(28-11)3-27-32(23,24)30-33(25,34)29-31(20,21)22/h4-5,7-8,11,18H,3H2,1-2H3,(H6-,13,14,15,19,20,21,22,23,24,25,34)/p+1/t5-,7-,8-,11-,33?/m1/s1. The van der Waals surface area contributed by atoms with Crippen LogP contribution in [0.2, 0.25) is 0 Å². The fourth-order valence-corrected chi connectivity index (χ4v) is 7.83. The van der Waals surface area contributed by atoms with Crippen molar-refractivity contribution < 1.29 is 61.0 Å². The third-order valence-electron chi connectivity index (χ3n) is 4.47. The summed E-state index contributed by atoms with van der Waals surface area (Å²) in [4.78, 5) is 55.3. The summed E-state index contributed by atoms with van der Waals surface area (Å²) in [5.74, 6) is -0.180. The van der Waals surface area contributed by atoms with Gasteiger partial charge < -0.3 is 39.9 Å². The number of nitrogens with zero attached hydrogens (tertiary/aromatic N) is 3. The minimum absolute atomic E-state index is 0.0938. The minimum Gasteiger partial charge on any atom is -0.387 e. The molecule has 2 aromatic heterocycles. The van der Waals surface area contributed by atoms with Crippen LogP contribution in [0.4, 0.5) is 5.95 Å². The first-order valence-corrected chi connectivity index (χ1v) is 14.6. The zero-order valence-electron chi connectivity index (χ0n) is 17.3. The molecule has 2 aromatic rings. The number of aromatic amines is 1. The Labute approximate surface area is 194 Å². The van der Waals surface area contributed by atoms with Gasteiger partial charge in [0.05, 0.1) is 13.7 Å². The van der Waals surface area contributed by atoms with Gasteiger partial charge in [-0.3, -0.25) is 18.9 Å². The normalized spacial score (nSPS) is 27.0. The number of rotatable bonds is 9. The van der Waals surface area contributed by atoms with Crippen molar-refractivity contribution in [3.8, 4) is 0 Å². The molecule has 1 fully saturated rings. The number of nitrogens with one attached hydrogen (secondary N) is 1. The van der Waals surface area contributed by atoms with Crippen LogP contribution in [0.1, 0.15) is 6.23 Å². The van der Waals surface area contributed by atoms with Crippen LogP contribution in [0.15, 0.2) is 11.1 Å². The summed E-state index contributed by atoms with van der Waals surface area (Å²) in [6.07, 6.45) is -3.51. The SMILES string of the molecule is CO[C@@H]1[C@H](O)[C@@H](COP(=O)(O)OP(O)(=S)OP(=O)(O)O)O[C@H]1[n+]1cn(C)c2c(=O)[nH]c(N)nc21. The third kappa shape index (κ3) is 6.16. The predicted molar refractivity (Wildman–Crippen MR) is 113 cm³/mol. The molecule has 0 spiro atoms. The Bertz CT molecular complexity index is 1280. The van der Waals surface area contributed by atoms with E-state index in [1.807, 2.05) is 0 Å². The van der Waals surface area contributed by atoms with Crippen molar-refractivity contribution in [3.05, 3.63) is 16.7 Å². The number of methoxy groups -OCH3 is 1. The molecule has 0 radical (unpaired) electrons. The van der Waals surface area contributed by atoms with Gasteiger partial charge in [-0.25, -0.2) is 22.3 Å². The number of aliphatic hydroxyl groups is 1. The molecule has 18 nitrogen and oxygen atoms in total. The second-order valence-electron chi connectivity index (χ2n) is 6.90. The number of ether oxygens (including phenoxy) is 2. The fourth-order valence-electron chi connectivity index (χ4n) is 3.26. The van der Waals surface area contributed by atoms with Crippen LogP contribution in [-0.4, -0.2) is 71.2 Å². The van der Waals surface area contributed by atoms with E-state index in [2.05, 4.69) is 34.9 Å². The van der Waals surface area contributed by atoms with Gasteiger partial charge in [-0.1, -0.05) is 4.98 Å². The number of hydrogen-bond donors (Lipinski definition) is 7. The molecule has 0 saturated carbocycles. The van der Waals surface area contributed by atoms with Crippen molar-refractivity contribution in [2.24, 2.45) is 7.05 Å². The van der Waals surface area contributed by atoms with Crippen LogP contribution in [0.25, 0.3) is 11.2 Å². The van der Waals surface area contributed by atoms with Crippen molar-refractivity contribution >= 4 is 51.3 Å². The summed E-state index contributed by atoms with van der Waals surface area (Å²) in [6.45, 7) is -5.70. The molecule has 0 bridgehead atoms. The highest BCUT2D eigenvalue weighted by Crippen LogP contribution is 2.66. The molecule has 0 amide bonds. The molecule has 2 unspecified atom stereocenters. The molecule has 1 aliphatic rings. The van der Waals surface area contributed by atoms with Gasteiger partial charge in [-0.15, -0.1) is 0 Å². The van der Waals surface area contributed by atoms with E-state index in [1.165, 1.54) is 22.6 Å². The lowest BCUT2D eigenvalue weighted by atomic mass is 10.1. The van der Waals surface area contributed by atoms with Crippen molar-refractivity contribution in [1.82, 2.24) is 14.5 Å². The summed E-state index contributed by atoms with van der Waals surface area (Å²) in [5.41, 5.74) is 5.31. The van der Waals surface area contributed by atoms with Crippen molar-refractivity contribution in [3.63, 3.8) is 0 Å². The van der Waals surface area contributed by atoms with Gasteiger partial charge in [0.15, 0.2) is 6.33 Å². The molecule has 192 valence electrons. The molecule has 3 rings (SSSR count). The van der Waals surface area contributed by atoms with Crippen LogP contribution in [0.3, 0.4) is 0 Å². The first kappa shape index (κ1) is 27.4. The second kappa shape index (κ2) is 9.72. The maximum atomic E-state index is 12.2. The van der Waals surface area contributed by atoms with Gasteiger partial charge in [0.1, 0.15) is 18.3 Å². The number of aliphatic hydroxyl groups excluding tert-OH is 1. The topological polar surface area (TPSA) is 262 Å². The lowest BCUT2D eigenvalue weighted by Crippen LogP contribution is -2.47. The number of aromatic nitrogens is 4. The molecule has 1 saturated heterocycles.